The summed E-state index contributed by atoms with van der Waals surface area (Å²) in [4.78, 5) is 11.2. The molecule has 6 heteroatoms. The molecule has 0 unspecified atom stereocenters. The number of benzene rings is 1. The van der Waals surface area contributed by atoms with Crippen LogP contribution in [0.1, 0.15) is 52.5 Å². The van der Waals surface area contributed by atoms with Crippen LogP contribution >= 0.6 is 0 Å². The van der Waals surface area contributed by atoms with Crippen LogP contribution in [0.5, 0.6) is 0 Å². The second-order valence-electron chi connectivity index (χ2n) is 7.48. The highest BCUT2D eigenvalue weighted by atomic mass is 16.7. The van der Waals surface area contributed by atoms with Crippen molar-refractivity contribution in [2.75, 3.05) is 0 Å². The first kappa shape index (κ1) is 16.3. The highest BCUT2D eigenvalue weighted by molar-refractivity contribution is 6.62. The molecule has 2 N–H and O–H groups in total. The number of carbonyl (C=O) groups is 1. The van der Waals surface area contributed by atoms with E-state index >= 15 is 0 Å². The third kappa shape index (κ3) is 2.74. The second kappa shape index (κ2) is 5.25. The van der Waals surface area contributed by atoms with Crippen molar-refractivity contribution >= 4 is 18.7 Å². The van der Waals surface area contributed by atoms with Crippen molar-refractivity contribution in [1.29, 1.82) is 0 Å². The molecule has 2 fully saturated rings. The molecule has 0 radical (unpaired) electrons. The Morgan fingerprint density at radius 3 is 2.00 bits per heavy atom. The molecule has 124 valence electrons. The first-order valence-corrected chi connectivity index (χ1v) is 8.10. The normalized spacial score (nSPS) is 24.1. The Labute approximate surface area is 137 Å². The minimum absolute atomic E-state index is 0.361. The third-order valence-electron chi connectivity index (χ3n) is 5.42. The number of amides is 1. The molecular formula is C17H24BNO4. The summed E-state index contributed by atoms with van der Waals surface area (Å²) in [5.41, 5.74) is 5.87. The van der Waals surface area contributed by atoms with Gasteiger partial charge in [-0.25, -0.2) is 4.79 Å². The largest absolute Gasteiger partial charge is 0.494 e. The minimum atomic E-state index is -0.722. The zero-order valence-electron chi connectivity index (χ0n) is 14.2. The van der Waals surface area contributed by atoms with E-state index in [9.17, 15) is 4.79 Å². The zero-order chi connectivity index (χ0) is 16.9. The summed E-state index contributed by atoms with van der Waals surface area (Å²) in [5.74, 6) is 0. The van der Waals surface area contributed by atoms with Crippen LogP contribution in [-0.2, 0) is 19.6 Å². The van der Waals surface area contributed by atoms with Gasteiger partial charge < -0.3 is 19.8 Å². The van der Waals surface area contributed by atoms with Crippen molar-refractivity contribution in [2.24, 2.45) is 5.73 Å². The molecule has 1 aliphatic heterocycles. The van der Waals surface area contributed by atoms with E-state index in [1.165, 1.54) is 0 Å². The summed E-state index contributed by atoms with van der Waals surface area (Å²) in [7, 11) is -0.386. The molecule has 0 atom stereocenters. The number of carbonyl (C=O) groups excluding carboxylic acids is 1. The molecule has 0 spiro atoms. The maximum absolute atomic E-state index is 11.2. The van der Waals surface area contributed by atoms with Gasteiger partial charge in [-0.3, -0.25) is 0 Å². The molecule has 23 heavy (non-hydrogen) atoms. The standard InChI is InChI=1S/C17H24BNO4/c1-15(2)16(3,4)23-18(22-15)13-8-6-12(7-9-13)17(10-5-11-17)21-14(19)20/h6-9H,5,10-11H2,1-4H3,(H2,19,20). The minimum Gasteiger partial charge on any atom is -0.438 e. The van der Waals surface area contributed by atoms with Gasteiger partial charge in [0.05, 0.1) is 11.2 Å². The van der Waals surface area contributed by atoms with Gasteiger partial charge in [-0.1, -0.05) is 24.3 Å². The molecular weight excluding hydrogens is 293 g/mol. The van der Waals surface area contributed by atoms with Crippen LogP contribution in [0.15, 0.2) is 24.3 Å². The van der Waals surface area contributed by atoms with Crippen molar-refractivity contribution in [3.05, 3.63) is 29.8 Å². The Kier molecular flexibility index (Phi) is 3.73. The Balaban J connectivity index is 1.79. The highest BCUT2D eigenvalue weighted by Crippen LogP contribution is 2.44. The third-order valence-corrected chi connectivity index (χ3v) is 5.42. The van der Waals surface area contributed by atoms with Gasteiger partial charge in [0.1, 0.15) is 5.60 Å². The molecule has 2 aliphatic rings. The summed E-state index contributed by atoms with van der Waals surface area (Å²) in [6, 6.07) is 7.90. The second-order valence-corrected chi connectivity index (χ2v) is 7.48. The van der Waals surface area contributed by atoms with Crippen LogP contribution in [0.2, 0.25) is 0 Å². The van der Waals surface area contributed by atoms with E-state index in [0.29, 0.717) is 0 Å². The van der Waals surface area contributed by atoms with Gasteiger partial charge in [-0.2, -0.15) is 0 Å². The number of primary amides is 1. The van der Waals surface area contributed by atoms with Crippen LogP contribution < -0.4 is 11.2 Å². The quantitative estimate of drug-likeness (QED) is 0.869. The monoisotopic (exact) mass is 317 g/mol. The first-order chi connectivity index (χ1) is 10.7. The SMILES string of the molecule is CC1(C)OB(c2ccc(C3(OC(N)=O)CCC3)cc2)OC1(C)C. The molecule has 1 aromatic rings. The average molecular weight is 317 g/mol. The number of hydrogen-bond acceptors (Lipinski definition) is 4. The van der Waals surface area contributed by atoms with Gasteiger partial charge in [-0.15, -0.1) is 0 Å². The number of hydrogen-bond donors (Lipinski definition) is 1. The maximum atomic E-state index is 11.2. The topological polar surface area (TPSA) is 70.8 Å². The van der Waals surface area contributed by atoms with Gasteiger partial charge in [0.15, 0.2) is 0 Å². The Morgan fingerprint density at radius 2 is 1.61 bits per heavy atom. The molecule has 1 aliphatic carbocycles. The van der Waals surface area contributed by atoms with Crippen LogP contribution in [0, 0.1) is 0 Å². The predicted octanol–water partition coefficient (Wildman–Crippen LogP) is 2.46. The molecule has 5 nitrogen and oxygen atoms in total. The van der Waals surface area contributed by atoms with Crippen LogP contribution in [0.4, 0.5) is 4.79 Å². The molecule has 1 amide bonds. The fourth-order valence-electron chi connectivity index (χ4n) is 3.06. The van der Waals surface area contributed by atoms with Gasteiger partial charge >= 0.3 is 13.2 Å². The van der Waals surface area contributed by atoms with E-state index in [1.54, 1.807) is 0 Å². The van der Waals surface area contributed by atoms with E-state index in [0.717, 1.165) is 30.3 Å². The molecule has 0 aromatic heterocycles. The van der Waals surface area contributed by atoms with Crippen molar-refractivity contribution < 1.29 is 18.8 Å². The highest BCUT2D eigenvalue weighted by Gasteiger charge is 2.51. The molecule has 1 saturated heterocycles. The number of ether oxygens (including phenoxy) is 1. The van der Waals surface area contributed by atoms with E-state index in [4.69, 9.17) is 19.8 Å². The lowest BCUT2D eigenvalue weighted by Gasteiger charge is -2.40. The molecule has 0 bridgehead atoms. The van der Waals surface area contributed by atoms with Crippen LogP contribution in [-0.4, -0.2) is 24.4 Å². The summed E-state index contributed by atoms with van der Waals surface area (Å²) in [6.07, 6.45) is 1.93. The molecule has 1 heterocycles. The lowest BCUT2D eigenvalue weighted by molar-refractivity contribution is -0.0489. The van der Waals surface area contributed by atoms with Crippen molar-refractivity contribution in [1.82, 2.24) is 0 Å². The number of rotatable bonds is 3. The molecule has 3 rings (SSSR count). The van der Waals surface area contributed by atoms with E-state index in [-0.39, 0.29) is 18.3 Å². The predicted molar refractivity (Wildman–Crippen MR) is 88.4 cm³/mol. The Morgan fingerprint density at radius 1 is 1.09 bits per heavy atom. The van der Waals surface area contributed by atoms with Gasteiger partial charge in [-0.05, 0) is 58.0 Å². The summed E-state index contributed by atoms with van der Waals surface area (Å²) < 4.78 is 17.5. The van der Waals surface area contributed by atoms with Crippen molar-refractivity contribution in [3.8, 4) is 0 Å². The fraction of sp³-hybridized carbons (Fsp3) is 0.588. The molecule has 1 saturated carbocycles. The zero-order valence-corrected chi connectivity index (χ0v) is 14.2. The summed E-state index contributed by atoms with van der Waals surface area (Å²) >= 11 is 0. The molecule has 1 aromatic carbocycles. The van der Waals surface area contributed by atoms with E-state index in [2.05, 4.69) is 0 Å². The van der Waals surface area contributed by atoms with E-state index in [1.807, 2.05) is 52.0 Å². The van der Waals surface area contributed by atoms with Crippen LogP contribution in [0.25, 0.3) is 0 Å². The fourth-order valence-corrected chi connectivity index (χ4v) is 3.06. The van der Waals surface area contributed by atoms with Crippen molar-refractivity contribution in [2.45, 2.75) is 63.8 Å². The Hall–Kier alpha value is -1.53. The van der Waals surface area contributed by atoms with E-state index < -0.39 is 11.7 Å². The van der Waals surface area contributed by atoms with Gasteiger partial charge in [0.2, 0.25) is 0 Å². The lowest BCUT2D eigenvalue weighted by atomic mass is 9.72. The van der Waals surface area contributed by atoms with Crippen LogP contribution in [0.3, 0.4) is 0 Å². The lowest BCUT2D eigenvalue weighted by Crippen LogP contribution is -2.41. The summed E-state index contributed by atoms with van der Waals surface area (Å²) in [6.45, 7) is 8.13. The van der Waals surface area contributed by atoms with Gasteiger partial charge in [0.25, 0.3) is 0 Å². The van der Waals surface area contributed by atoms with Gasteiger partial charge in [0, 0.05) is 0 Å². The smallest absolute Gasteiger partial charge is 0.438 e. The first-order valence-electron chi connectivity index (χ1n) is 8.10. The Bertz CT molecular complexity index is 592. The average Bonchev–Trinajstić information content (AvgIpc) is 2.63. The van der Waals surface area contributed by atoms with Crippen molar-refractivity contribution in [3.63, 3.8) is 0 Å². The number of nitrogens with two attached hydrogens (primary N) is 1. The maximum Gasteiger partial charge on any atom is 0.494 e. The summed E-state index contributed by atoms with van der Waals surface area (Å²) in [5, 5.41) is 0.